The van der Waals surface area contributed by atoms with Gasteiger partial charge in [-0.3, -0.25) is 15.2 Å². The Morgan fingerprint density at radius 2 is 1.79 bits per heavy atom. The maximum absolute atomic E-state index is 13.7. The number of guanidine groups is 1. The Bertz CT molecular complexity index is 1760. The van der Waals surface area contributed by atoms with Crippen LogP contribution in [0, 0.1) is 11.2 Å². The van der Waals surface area contributed by atoms with Crippen LogP contribution in [0.3, 0.4) is 0 Å². The highest BCUT2D eigenvalue weighted by molar-refractivity contribution is 7.89. The van der Waals surface area contributed by atoms with Crippen LogP contribution in [0.2, 0.25) is 0 Å². The van der Waals surface area contributed by atoms with Crippen LogP contribution in [-0.2, 0) is 21.3 Å². The molecule has 2 aliphatic heterocycles. The third-order valence-corrected chi connectivity index (χ3v) is 10.8. The minimum absolute atomic E-state index is 0.0348. The number of benzene rings is 3. The van der Waals surface area contributed by atoms with Gasteiger partial charge >= 0.3 is 6.09 Å². The van der Waals surface area contributed by atoms with E-state index in [-0.39, 0.29) is 16.7 Å². The van der Waals surface area contributed by atoms with Crippen molar-refractivity contribution in [2.45, 2.75) is 75.1 Å². The zero-order valence-corrected chi connectivity index (χ0v) is 28.1. The Kier molecular flexibility index (Phi) is 9.64. The van der Waals surface area contributed by atoms with E-state index in [9.17, 15) is 17.6 Å². The van der Waals surface area contributed by atoms with Gasteiger partial charge in [0.1, 0.15) is 17.2 Å². The summed E-state index contributed by atoms with van der Waals surface area (Å²) in [7, 11) is -3.89. The molecule has 13 heteroatoms. The van der Waals surface area contributed by atoms with Crippen molar-refractivity contribution in [2.75, 3.05) is 31.1 Å². The van der Waals surface area contributed by atoms with Crippen LogP contribution in [0.1, 0.15) is 63.0 Å². The SMILES string of the molecule is CCOc1cc(-c2ccc(F)cc2)c(C2CC2)cc1CN1CCC2(CC1)CN(c1ccc(S(=O)(=O)NC(CC)NC(=N)N)cc1)C(=O)O2. The number of rotatable bonds is 12. The highest BCUT2D eigenvalue weighted by atomic mass is 32.2. The van der Waals surface area contributed by atoms with Crippen molar-refractivity contribution in [3.05, 3.63) is 77.6 Å². The molecule has 1 unspecified atom stereocenters. The van der Waals surface area contributed by atoms with Gasteiger partial charge in [0.2, 0.25) is 10.0 Å². The topological polar surface area (TPSA) is 150 Å². The average Bonchev–Trinajstić information content (AvgIpc) is 3.86. The van der Waals surface area contributed by atoms with Crippen LogP contribution in [0.15, 0.2) is 65.6 Å². The van der Waals surface area contributed by atoms with Gasteiger partial charge in [0.25, 0.3) is 0 Å². The first-order valence-corrected chi connectivity index (χ1v) is 18.0. The number of carbonyl (C=O) groups is 1. The molecular weight excluding hydrogens is 635 g/mol. The first-order valence-electron chi connectivity index (χ1n) is 16.5. The van der Waals surface area contributed by atoms with Crippen LogP contribution in [0.5, 0.6) is 5.75 Å². The van der Waals surface area contributed by atoms with Gasteiger partial charge in [-0.1, -0.05) is 19.1 Å². The van der Waals surface area contributed by atoms with Crippen molar-refractivity contribution in [3.8, 4) is 16.9 Å². The molecule has 5 N–H and O–H groups in total. The van der Waals surface area contributed by atoms with E-state index in [0.29, 0.717) is 50.6 Å². The van der Waals surface area contributed by atoms with Crippen molar-refractivity contribution in [2.24, 2.45) is 5.73 Å². The van der Waals surface area contributed by atoms with Gasteiger partial charge in [0, 0.05) is 43.7 Å². The lowest BCUT2D eigenvalue weighted by Gasteiger charge is -2.37. The molecule has 1 saturated carbocycles. The lowest BCUT2D eigenvalue weighted by molar-refractivity contribution is -0.00111. The van der Waals surface area contributed by atoms with Gasteiger partial charge in [-0.25, -0.2) is 17.6 Å². The zero-order valence-electron chi connectivity index (χ0n) is 27.3. The number of halogens is 1. The molecule has 3 aliphatic rings. The molecule has 3 aromatic rings. The first kappa shape index (κ1) is 33.7. The van der Waals surface area contributed by atoms with Crippen molar-refractivity contribution in [1.82, 2.24) is 14.9 Å². The molecule has 0 radical (unpaired) electrons. The van der Waals surface area contributed by atoms with Gasteiger partial charge in [-0.05, 0) is 97.3 Å². The number of sulfonamides is 1. The molecule has 1 amide bonds. The standard InChI is InChI=1S/C35H43FN6O5S/c1-3-32(39-33(37)38)40-48(44,45)28-13-11-27(12-14-28)42-22-35(47-34(42)43)15-17-41(18-16-35)21-25-19-29(23-5-6-23)30(20-31(25)46-4-2)24-7-9-26(36)10-8-24/h7-14,19-20,23,32,40H,3-6,15-18,21-22H2,1-2H3,(H4,37,38,39). The van der Waals surface area contributed by atoms with E-state index in [1.54, 1.807) is 24.0 Å². The molecule has 1 spiro atoms. The van der Waals surface area contributed by atoms with Gasteiger partial charge < -0.3 is 20.5 Å². The number of piperidine rings is 1. The summed E-state index contributed by atoms with van der Waals surface area (Å²) in [6.07, 6.45) is 2.83. The molecule has 2 saturated heterocycles. The Balaban J connectivity index is 1.11. The normalized spacial score (nSPS) is 18.5. The van der Waals surface area contributed by atoms with Gasteiger partial charge in [-0.15, -0.1) is 0 Å². The monoisotopic (exact) mass is 678 g/mol. The number of nitrogens with zero attached hydrogens (tertiary/aromatic N) is 2. The van der Waals surface area contributed by atoms with Crippen molar-refractivity contribution in [1.29, 1.82) is 5.41 Å². The fourth-order valence-corrected chi connectivity index (χ4v) is 7.80. The molecule has 1 atom stereocenters. The second-order valence-corrected chi connectivity index (χ2v) is 14.5. The Morgan fingerprint density at radius 1 is 1.10 bits per heavy atom. The lowest BCUT2D eigenvalue weighted by atomic mass is 9.90. The number of nitrogens with one attached hydrogen (secondary N) is 3. The second kappa shape index (κ2) is 13.7. The molecule has 3 fully saturated rings. The van der Waals surface area contributed by atoms with E-state index in [1.165, 1.54) is 29.8 Å². The Labute approximate surface area is 281 Å². The van der Waals surface area contributed by atoms with Crippen LogP contribution in [-0.4, -0.2) is 63.4 Å². The summed E-state index contributed by atoms with van der Waals surface area (Å²) in [6.45, 7) is 6.84. The first-order chi connectivity index (χ1) is 23.0. The van der Waals surface area contributed by atoms with Gasteiger partial charge in [0.15, 0.2) is 5.96 Å². The summed E-state index contributed by atoms with van der Waals surface area (Å²) in [5, 5.41) is 9.95. The smallest absolute Gasteiger partial charge is 0.415 e. The summed E-state index contributed by atoms with van der Waals surface area (Å²) >= 11 is 0. The molecule has 6 rings (SSSR count). The summed E-state index contributed by atoms with van der Waals surface area (Å²) < 4.78 is 54.1. The van der Waals surface area contributed by atoms with E-state index in [2.05, 4.69) is 27.1 Å². The number of hydrogen-bond donors (Lipinski definition) is 4. The molecule has 3 aromatic carbocycles. The Morgan fingerprint density at radius 3 is 2.40 bits per heavy atom. The van der Waals surface area contributed by atoms with E-state index >= 15 is 0 Å². The highest BCUT2D eigenvalue weighted by Gasteiger charge is 2.47. The molecule has 1 aliphatic carbocycles. The van der Waals surface area contributed by atoms with Crippen LogP contribution in [0.25, 0.3) is 11.1 Å². The third kappa shape index (κ3) is 7.43. The number of anilines is 1. The number of hydrogen-bond acceptors (Lipinski definition) is 7. The van der Waals surface area contributed by atoms with Crippen LogP contribution in [0.4, 0.5) is 14.9 Å². The van der Waals surface area contributed by atoms with Gasteiger partial charge in [-0.2, -0.15) is 4.72 Å². The molecule has 11 nitrogen and oxygen atoms in total. The van der Waals surface area contributed by atoms with E-state index in [4.69, 9.17) is 20.6 Å². The quantitative estimate of drug-likeness (QED) is 0.115. The Hall–Kier alpha value is -4.20. The van der Waals surface area contributed by atoms with E-state index in [1.807, 2.05) is 19.1 Å². The zero-order chi connectivity index (χ0) is 34.1. The molecule has 0 aromatic heterocycles. The predicted octanol–water partition coefficient (Wildman–Crippen LogP) is 5.26. The fourth-order valence-electron chi connectivity index (χ4n) is 6.57. The third-order valence-electron chi connectivity index (χ3n) is 9.33. The van der Waals surface area contributed by atoms with Crippen LogP contribution < -0.4 is 25.4 Å². The summed E-state index contributed by atoms with van der Waals surface area (Å²) in [4.78, 5) is 17.0. The van der Waals surface area contributed by atoms with Crippen LogP contribution >= 0.6 is 0 Å². The molecule has 0 bridgehead atoms. The molecule has 2 heterocycles. The summed E-state index contributed by atoms with van der Waals surface area (Å²) in [6, 6.07) is 17.1. The molecule has 48 heavy (non-hydrogen) atoms. The number of likely N-dealkylation sites (tertiary alicyclic amines) is 1. The van der Waals surface area contributed by atoms with E-state index in [0.717, 1.165) is 48.4 Å². The number of amides is 1. The maximum Gasteiger partial charge on any atom is 0.415 e. The second-order valence-electron chi connectivity index (χ2n) is 12.8. The number of carbonyl (C=O) groups excluding carboxylic acids is 1. The molecular formula is C35H43FN6O5S. The minimum Gasteiger partial charge on any atom is -0.494 e. The van der Waals surface area contributed by atoms with Gasteiger partial charge in [0.05, 0.1) is 24.2 Å². The largest absolute Gasteiger partial charge is 0.494 e. The predicted molar refractivity (Wildman–Crippen MR) is 182 cm³/mol. The van der Waals surface area contributed by atoms with E-state index < -0.39 is 27.9 Å². The summed E-state index contributed by atoms with van der Waals surface area (Å²) in [5.74, 6) is 0.744. The number of ether oxygens (including phenoxy) is 2. The summed E-state index contributed by atoms with van der Waals surface area (Å²) in [5.41, 5.74) is 9.78. The number of nitrogens with two attached hydrogens (primary N) is 1. The van der Waals surface area contributed by atoms with Crippen molar-refractivity contribution >= 4 is 27.8 Å². The average molecular weight is 679 g/mol. The molecule has 256 valence electrons. The lowest BCUT2D eigenvalue weighted by Crippen LogP contribution is -2.49. The maximum atomic E-state index is 13.7. The fraction of sp³-hybridized carbons (Fsp3) is 0.429. The highest BCUT2D eigenvalue weighted by Crippen LogP contribution is 2.47. The van der Waals surface area contributed by atoms with Crippen molar-refractivity contribution in [3.63, 3.8) is 0 Å². The minimum atomic E-state index is -3.89. The van der Waals surface area contributed by atoms with Crippen molar-refractivity contribution < 1.29 is 27.1 Å².